The summed E-state index contributed by atoms with van der Waals surface area (Å²) in [6, 6.07) is 8.30. The van der Waals surface area contributed by atoms with Gasteiger partial charge in [0.05, 0.1) is 15.7 Å². The van der Waals surface area contributed by atoms with E-state index in [0.29, 0.717) is 33.5 Å². The number of carbonyl (C=O) groups excluding carboxylic acids is 1. The summed E-state index contributed by atoms with van der Waals surface area (Å²) < 4.78 is 0. The highest BCUT2D eigenvalue weighted by atomic mass is 35.5. The normalized spacial score (nSPS) is 10.3. The number of halogens is 2. The fourth-order valence-corrected chi connectivity index (χ4v) is 2.12. The molecule has 0 aliphatic carbocycles. The summed E-state index contributed by atoms with van der Waals surface area (Å²) in [6.45, 7) is 1.94. The highest BCUT2D eigenvalue weighted by Crippen LogP contribution is 2.29. The first-order chi connectivity index (χ1) is 10.0. The van der Waals surface area contributed by atoms with Crippen LogP contribution < -0.4 is 16.6 Å². The lowest BCUT2D eigenvalue weighted by Crippen LogP contribution is -2.15. The molecule has 2 rings (SSSR count). The molecule has 0 radical (unpaired) electrons. The number of nitrogens with one attached hydrogen (secondary N) is 2. The maximum absolute atomic E-state index is 12.3. The molecular weight excluding hydrogens is 311 g/mol. The molecule has 1 heterocycles. The quantitative estimate of drug-likeness (QED) is 0.594. The van der Waals surface area contributed by atoms with E-state index in [4.69, 9.17) is 29.0 Å². The summed E-state index contributed by atoms with van der Waals surface area (Å²) in [4.78, 5) is 16.5. The van der Waals surface area contributed by atoms with Crippen molar-refractivity contribution in [3.8, 4) is 0 Å². The lowest BCUT2D eigenvalue weighted by Gasteiger charge is -2.10. The number of hydrogen-bond donors (Lipinski definition) is 3. The van der Waals surface area contributed by atoms with Gasteiger partial charge in [0.25, 0.3) is 5.91 Å². The predicted molar refractivity (Wildman–Crippen MR) is 85.8 cm³/mol. The topological polar surface area (TPSA) is 80.0 Å². The number of aromatic nitrogens is 1. The smallest absolute Gasteiger partial charge is 0.255 e. The Hall–Kier alpha value is -1.82. The molecule has 1 aromatic heterocycles. The number of nitrogen functional groups attached to an aromatic ring is 1. The van der Waals surface area contributed by atoms with Gasteiger partial charge in [0, 0.05) is 11.3 Å². The first kappa shape index (κ1) is 15.6. The summed E-state index contributed by atoms with van der Waals surface area (Å²) in [5.41, 5.74) is 4.09. The van der Waals surface area contributed by atoms with Crippen molar-refractivity contribution in [1.29, 1.82) is 0 Å². The predicted octanol–water partition coefficient (Wildman–Crippen LogP) is 3.49. The zero-order valence-electron chi connectivity index (χ0n) is 11.3. The van der Waals surface area contributed by atoms with Crippen LogP contribution in [0.3, 0.4) is 0 Å². The van der Waals surface area contributed by atoms with Gasteiger partial charge in [-0.1, -0.05) is 36.2 Å². The van der Waals surface area contributed by atoms with Crippen LogP contribution in [0.2, 0.25) is 10.0 Å². The van der Waals surface area contributed by atoms with Gasteiger partial charge >= 0.3 is 0 Å². The van der Waals surface area contributed by atoms with E-state index < -0.39 is 0 Å². The SMILES string of the molecule is CCc1cc(C(=O)Nc2cccc(Cl)c2Cl)cc(NN)n1. The zero-order chi connectivity index (χ0) is 15.4. The third-order valence-corrected chi connectivity index (χ3v) is 3.67. The van der Waals surface area contributed by atoms with Crippen molar-refractivity contribution in [2.45, 2.75) is 13.3 Å². The van der Waals surface area contributed by atoms with Crippen molar-refractivity contribution in [3.63, 3.8) is 0 Å². The largest absolute Gasteiger partial charge is 0.321 e. The second-order valence-corrected chi connectivity index (χ2v) is 5.07. The molecule has 7 heteroatoms. The van der Waals surface area contributed by atoms with Gasteiger partial charge in [-0.3, -0.25) is 4.79 Å². The van der Waals surface area contributed by atoms with Crippen LogP contribution in [-0.2, 0) is 6.42 Å². The summed E-state index contributed by atoms with van der Waals surface area (Å²) in [5, 5.41) is 3.40. The van der Waals surface area contributed by atoms with Crippen molar-refractivity contribution >= 4 is 40.6 Å². The first-order valence-corrected chi connectivity index (χ1v) is 7.03. The van der Waals surface area contributed by atoms with Crippen LogP contribution in [0.25, 0.3) is 0 Å². The minimum atomic E-state index is -0.312. The van der Waals surface area contributed by atoms with E-state index in [-0.39, 0.29) is 5.91 Å². The molecule has 1 amide bonds. The van der Waals surface area contributed by atoms with Gasteiger partial charge in [-0.05, 0) is 30.7 Å². The number of amides is 1. The molecule has 0 aliphatic heterocycles. The molecule has 110 valence electrons. The Balaban J connectivity index is 2.30. The molecule has 0 bridgehead atoms. The molecule has 0 saturated carbocycles. The summed E-state index contributed by atoms with van der Waals surface area (Å²) in [5.74, 6) is 5.47. The number of benzene rings is 1. The summed E-state index contributed by atoms with van der Waals surface area (Å²) >= 11 is 12.0. The lowest BCUT2D eigenvalue weighted by atomic mass is 10.1. The Labute approximate surface area is 132 Å². The van der Waals surface area contributed by atoms with E-state index in [1.807, 2.05) is 6.92 Å². The summed E-state index contributed by atoms with van der Waals surface area (Å²) in [7, 11) is 0. The van der Waals surface area contributed by atoms with Gasteiger partial charge < -0.3 is 10.7 Å². The van der Waals surface area contributed by atoms with Gasteiger partial charge in [-0.25, -0.2) is 10.8 Å². The van der Waals surface area contributed by atoms with Crippen LogP contribution in [-0.4, -0.2) is 10.9 Å². The number of nitrogens with zero attached hydrogens (tertiary/aromatic N) is 1. The second-order valence-electron chi connectivity index (χ2n) is 4.29. The average Bonchev–Trinajstić information content (AvgIpc) is 2.51. The molecule has 0 saturated heterocycles. The lowest BCUT2D eigenvalue weighted by molar-refractivity contribution is 0.102. The van der Waals surface area contributed by atoms with Gasteiger partial charge in [0.15, 0.2) is 0 Å². The molecule has 0 aliphatic rings. The third kappa shape index (κ3) is 3.64. The number of pyridine rings is 1. The molecule has 0 spiro atoms. The zero-order valence-corrected chi connectivity index (χ0v) is 12.8. The number of nitrogens with two attached hydrogens (primary N) is 1. The van der Waals surface area contributed by atoms with Crippen molar-refractivity contribution in [3.05, 3.63) is 51.6 Å². The molecule has 0 fully saturated rings. The van der Waals surface area contributed by atoms with Crippen LogP contribution in [0.4, 0.5) is 11.5 Å². The third-order valence-electron chi connectivity index (χ3n) is 2.85. The fourth-order valence-electron chi connectivity index (χ4n) is 1.77. The maximum Gasteiger partial charge on any atom is 0.255 e. The molecule has 5 nitrogen and oxygen atoms in total. The number of anilines is 2. The molecule has 0 unspecified atom stereocenters. The Kier molecular flexibility index (Phi) is 5.01. The maximum atomic E-state index is 12.3. The Morgan fingerprint density at radius 3 is 2.76 bits per heavy atom. The first-order valence-electron chi connectivity index (χ1n) is 6.28. The molecule has 2 aromatic rings. The van der Waals surface area contributed by atoms with E-state index in [2.05, 4.69) is 15.7 Å². The molecule has 1 aromatic carbocycles. The minimum absolute atomic E-state index is 0.300. The number of carbonyl (C=O) groups is 1. The van der Waals surface area contributed by atoms with Gasteiger partial charge in [-0.2, -0.15) is 0 Å². The van der Waals surface area contributed by atoms with Crippen molar-refractivity contribution in [1.82, 2.24) is 4.98 Å². The minimum Gasteiger partial charge on any atom is -0.321 e. The van der Waals surface area contributed by atoms with E-state index in [1.54, 1.807) is 30.3 Å². The number of rotatable bonds is 4. The van der Waals surface area contributed by atoms with Crippen LogP contribution in [0.5, 0.6) is 0 Å². The number of hydrogen-bond acceptors (Lipinski definition) is 4. The highest BCUT2D eigenvalue weighted by molar-refractivity contribution is 6.44. The second kappa shape index (κ2) is 6.76. The van der Waals surface area contributed by atoms with Gasteiger partial charge in [0.2, 0.25) is 0 Å². The standard InChI is InChI=1S/C14H14Cl2N4O/c1-2-9-6-8(7-12(18-9)20-17)14(21)19-11-5-3-4-10(15)13(11)16/h3-7H,2,17H2,1H3,(H,18,20)(H,19,21). The molecule has 4 N–H and O–H groups in total. The fraction of sp³-hybridized carbons (Fsp3) is 0.143. The van der Waals surface area contributed by atoms with Crippen molar-refractivity contribution in [2.75, 3.05) is 10.7 Å². The van der Waals surface area contributed by atoms with Crippen LogP contribution >= 0.6 is 23.2 Å². The Morgan fingerprint density at radius 1 is 1.33 bits per heavy atom. The van der Waals surface area contributed by atoms with Crippen LogP contribution in [0.1, 0.15) is 23.0 Å². The van der Waals surface area contributed by atoms with Gasteiger partial charge in [0.1, 0.15) is 5.82 Å². The van der Waals surface area contributed by atoms with E-state index in [0.717, 1.165) is 5.69 Å². The van der Waals surface area contributed by atoms with Crippen LogP contribution in [0, 0.1) is 0 Å². The number of hydrazine groups is 1. The van der Waals surface area contributed by atoms with Crippen LogP contribution in [0.15, 0.2) is 30.3 Å². The summed E-state index contributed by atoms with van der Waals surface area (Å²) in [6.07, 6.45) is 0.688. The van der Waals surface area contributed by atoms with Crippen molar-refractivity contribution in [2.24, 2.45) is 5.84 Å². The van der Waals surface area contributed by atoms with Crippen molar-refractivity contribution < 1.29 is 4.79 Å². The Bertz CT molecular complexity index is 654. The molecular formula is C14H14Cl2N4O. The van der Waals surface area contributed by atoms with E-state index in [9.17, 15) is 4.79 Å². The Morgan fingerprint density at radius 2 is 2.10 bits per heavy atom. The highest BCUT2D eigenvalue weighted by Gasteiger charge is 2.12. The monoisotopic (exact) mass is 324 g/mol. The number of aryl methyl sites for hydroxylation is 1. The molecule has 0 atom stereocenters. The molecule has 21 heavy (non-hydrogen) atoms. The van der Waals surface area contributed by atoms with Gasteiger partial charge in [-0.15, -0.1) is 0 Å². The van der Waals surface area contributed by atoms with E-state index >= 15 is 0 Å². The average molecular weight is 325 g/mol. The van der Waals surface area contributed by atoms with E-state index in [1.165, 1.54) is 0 Å².